The average Bonchev–Trinajstić information content (AvgIpc) is 3.13. The molecule has 6 nitrogen and oxygen atoms in total. The number of thioether (sulfide) groups is 1. The molecule has 0 unspecified atom stereocenters. The number of nitrogens with zero attached hydrogens (tertiary/aromatic N) is 1. The minimum atomic E-state index is -0.303. The number of carbonyl (C=O) groups excluding carboxylic acids is 2. The zero-order valence-electron chi connectivity index (χ0n) is 20.7. The van der Waals surface area contributed by atoms with E-state index in [0.717, 1.165) is 40.0 Å². The Labute approximate surface area is 215 Å². The molecule has 1 aliphatic heterocycles. The number of ether oxygens (including phenoxy) is 3. The zero-order chi connectivity index (χ0) is 25.5. The van der Waals surface area contributed by atoms with Gasteiger partial charge >= 0.3 is 0 Å². The number of amides is 2. The van der Waals surface area contributed by atoms with Crippen molar-refractivity contribution < 1.29 is 23.8 Å². The van der Waals surface area contributed by atoms with Crippen LogP contribution in [-0.2, 0) is 4.79 Å². The fourth-order valence-electron chi connectivity index (χ4n) is 3.57. The molecule has 0 saturated carbocycles. The Kier molecular flexibility index (Phi) is 8.33. The van der Waals surface area contributed by atoms with Crippen LogP contribution in [0.3, 0.4) is 0 Å². The van der Waals surface area contributed by atoms with Gasteiger partial charge in [-0.2, -0.15) is 0 Å². The quantitative estimate of drug-likeness (QED) is 0.243. The SMILES string of the molecule is Cc1ccc(OCCOc2ccc(/C=C3\SC(=O)N(CCOc4cc(C)ccc4C)C3=O)cc2)cc1. The topological polar surface area (TPSA) is 65.1 Å². The molecule has 3 aromatic carbocycles. The second kappa shape index (κ2) is 11.8. The summed E-state index contributed by atoms with van der Waals surface area (Å²) in [5, 5.41) is -0.288. The maximum atomic E-state index is 12.8. The van der Waals surface area contributed by atoms with Crippen LogP contribution in [-0.4, -0.2) is 42.4 Å². The van der Waals surface area contributed by atoms with Gasteiger partial charge in [-0.1, -0.05) is 42.0 Å². The van der Waals surface area contributed by atoms with Crippen LogP contribution in [0.4, 0.5) is 4.79 Å². The highest BCUT2D eigenvalue weighted by Gasteiger charge is 2.34. The number of benzene rings is 3. The van der Waals surface area contributed by atoms with Crippen molar-refractivity contribution in [3.8, 4) is 17.2 Å². The highest BCUT2D eigenvalue weighted by molar-refractivity contribution is 8.18. The second-order valence-electron chi connectivity index (χ2n) is 8.53. The second-order valence-corrected chi connectivity index (χ2v) is 9.52. The maximum Gasteiger partial charge on any atom is 0.293 e. The zero-order valence-corrected chi connectivity index (χ0v) is 21.5. The van der Waals surface area contributed by atoms with Gasteiger partial charge in [0.1, 0.15) is 37.1 Å². The fourth-order valence-corrected chi connectivity index (χ4v) is 4.43. The molecular weight excluding hydrogens is 474 g/mol. The normalized spacial score (nSPS) is 14.4. The largest absolute Gasteiger partial charge is 0.491 e. The van der Waals surface area contributed by atoms with E-state index in [4.69, 9.17) is 14.2 Å². The summed E-state index contributed by atoms with van der Waals surface area (Å²) >= 11 is 0.943. The Bertz CT molecular complexity index is 1250. The summed E-state index contributed by atoms with van der Waals surface area (Å²) in [5.41, 5.74) is 4.11. The van der Waals surface area contributed by atoms with Crippen LogP contribution >= 0.6 is 11.8 Å². The van der Waals surface area contributed by atoms with Gasteiger partial charge in [0.15, 0.2) is 0 Å². The molecule has 3 aromatic rings. The molecule has 0 N–H and O–H groups in total. The van der Waals surface area contributed by atoms with Gasteiger partial charge in [0.2, 0.25) is 0 Å². The maximum absolute atomic E-state index is 12.8. The molecule has 1 saturated heterocycles. The third-order valence-corrected chi connectivity index (χ3v) is 6.52. The molecule has 1 heterocycles. The Morgan fingerprint density at radius 1 is 0.750 bits per heavy atom. The highest BCUT2D eigenvalue weighted by atomic mass is 32.2. The Balaban J connectivity index is 1.26. The van der Waals surface area contributed by atoms with Crippen LogP contribution < -0.4 is 14.2 Å². The van der Waals surface area contributed by atoms with E-state index >= 15 is 0 Å². The molecule has 0 spiro atoms. The van der Waals surface area contributed by atoms with E-state index < -0.39 is 0 Å². The molecular formula is C29H29NO5S. The summed E-state index contributed by atoms with van der Waals surface area (Å²) in [7, 11) is 0. The predicted octanol–water partition coefficient (Wildman–Crippen LogP) is 6.18. The standard InChI is InChI=1S/C29H29NO5S/c1-20-5-10-24(11-6-20)33-16-17-34-25-12-8-23(9-13-25)19-27-28(31)30(29(32)36-27)14-15-35-26-18-21(2)4-7-22(26)3/h4-13,18-19H,14-17H2,1-3H3/b27-19-. The highest BCUT2D eigenvalue weighted by Crippen LogP contribution is 2.32. The minimum absolute atomic E-state index is 0.201. The molecule has 7 heteroatoms. The molecule has 0 aliphatic carbocycles. The van der Waals surface area contributed by atoms with Crippen molar-refractivity contribution in [1.29, 1.82) is 0 Å². The molecule has 0 radical (unpaired) electrons. The number of imide groups is 1. The molecule has 4 rings (SSSR count). The third-order valence-electron chi connectivity index (χ3n) is 5.61. The third kappa shape index (κ3) is 6.70. The van der Waals surface area contributed by atoms with Crippen LogP contribution in [0.2, 0.25) is 0 Å². The summed E-state index contributed by atoms with van der Waals surface area (Å²) < 4.78 is 17.2. The molecule has 1 fully saturated rings. The van der Waals surface area contributed by atoms with Gasteiger partial charge in [0.05, 0.1) is 11.4 Å². The van der Waals surface area contributed by atoms with Crippen LogP contribution in [0.1, 0.15) is 22.3 Å². The Hall–Kier alpha value is -3.71. The molecule has 0 bridgehead atoms. The summed E-state index contributed by atoms with van der Waals surface area (Å²) in [6.07, 6.45) is 1.72. The van der Waals surface area contributed by atoms with Crippen molar-refractivity contribution in [2.45, 2.75) is 20.8 Å². The van der Waals surface area contributed by atoms with E-state index in [1.54, 1.807) is 6.08 Å². The lowest BCUT2D eigenvalue weighted by molar-refractivity contribution is -0.123. The van der Waals surface area contributed by atoms with Gasteiger partial charge in [-0.15, -0.1) is 0 Å². The van der Waals surface area contributed by atoms with E-state index in [-0.39, 0.29) is 24.3 Å². The van der Waals surface area contributed by atoms with Crippen molar-refractivity contribution in [3.63, 3.8) is 0 Å². The molecule has 0 atom stereocenters. The average molecular weight is 504 g/mol. The molecule has 2 amide bonds. The van der Waals surface area contributed by atoms with E-state index in [1.807, 2.05) is 87.5 Å². The van der Waals surface area contributed by atoms with Crippen molar-refractivity contribution >= 4 is 29.0 Å². The van der Waals surface area contributed by atoms with E-state index in [9.17, 15) is 9.59 Å². The van der Waals surface area contributed by atoms with E-state index in [2.05, 4.69) is 0 Å². The minimum Gasteiger partial charge on any atom is -0.491 e. The first-order valence-electron chi connectivity index (χ1n) is 11.8. The number of hydrogen-bond acceptors (Lipinski definition) is 6. The van der Waals surface area contributed by atoms with Gasteiger partial charge in [-0.05, 0) is 85.6 Å². The van der Waals surface area contributed by atoms with E-state index in [0.29, 0.717) is 23.9 Å². The van der Waals surface area contributed by atoms with Crippen LogP contribution in [0.5, 0.6) is 17.2 Å². The van der Waals surface area contributed by atoms with E-state index in [1.165, 1.54) is 10.5 Å². The lowest BCUT2D eigenvalue weighted by Gasteiger charge is -2.14. The van der Waals surface area contributed by atoms with Gasteiger partial charge in [0, 0.05) is 0 Å². The first-order chi connectivity index (χ1) is 17.4. The van der Waals surface area contributed by atoms with Crippen molar-refractivity contribution in [1.82, 2.24) is 4.90 Å². The monoisotopic (exact) mass is 503 g/mol. The first-order valence-corrected chi connectivity index (χ1v) is 12.6. The van der Waals surface area contributed by atoms with Crippen LogP contribution in [0.25, 0.3) is 6.08 Å². The number of hydrogen-bond donors (Lipinski definition) is 0. The predicted molar refractivity (Wildman–Crippen MR) is 143 cm³/mol. The van der Waals surface area contributed by atoms with Crippen molar-refractivity contribution in [2.24, 2.45) is 0 Å². The molecule has 1 aliphatic rings. The lowest BCUT2D eigenvalue weighted by Crippen LogP contribution is -2.32. The Morgan fingerprint density at radius 3 is 2.03 bits per heavy atom. The van der Waals surface area contributed by atoms with Gasteiger partial charge < -0.3 is 14.2 Å². The van der Waals surface area contributed by atoms with Gasteiger partial charge in [-0.25, -0.2) is 0 Å². The summed E-state index contributed by atoms with van der Waals surface area (Å²) in [5.74, 6) is 1.98. The summed E-state index contributed by atoms with van der Waals surface area (Å²) in [6, 6.07) is 21.2. The molecule has 186 valence electrons. The fraction of sp³-hybridized carbons (Fsp3) is 0.241. The number of rotatable bonds is 10. The van der Waals surface area contributed by atoms with Gasteiger partial charge in [0.25, 0.3) is 11.1 Å². The lowest BCUT2D eigenvalue weighted by atomic mass is 10.1. The molecule has 36 heavy (non-hydrogen) atoms. The molecule has 0 aromatic heterocycles. The van der Waals surface area contributed by atoms with Crippen molar-refractivity contribution in [3.05, 3.63) is 93.9 Å². The summed E-state index contributed by atoms with van der Waals surface area (Å²) in [6.45, 7) is 7.29. The summed E-state index contributed by atoms with van der Waals surface area (Å²) in [4.78, 5) is 26.8. The van der Waals surface area contributed by atoms with Gasteiger partial charge in [-0.3, -0.25) is 14.5 Å². The Morgan fingerprint density at radius 2 is 1.36 bits per heavy atom. The van der Waals surface area contributed by atoms with Crippen LogP contribution in [0, 0.1) is 20.8 Å². The first kappa shape index (κ1) is 25.4. The van der Waals surface area contributed by atoms with Crippen LogP contribution in [0.15, 0.2) is 71.6 Å². The number of carbonyl (C=O) groups is 2. The van der Waals surface area contributed by atoms with Crippen molar-refractivity contribution in [2.75, 3.05) is 26.4 Å². The smallest absolute Gasteiger partial charge is 0.293 e. The number of aryl methyl sites for hydroxylation is 3.